The number of carbonyl (C=O) groups is 1. The van der Waals surface area contributed by atoms with Crippen molar-refractivity contribution in [3.8, 4) is 0 Å². The molecule has 0 aliphatic heterocycles. The van der Waals surface area contributed by atoms with Crippen LogP contribution in [-0.2, 0) is 6.42 Å². The van der Waals surface area contributed by atoms with E-state index in [4.69, 9.17) is 0 Å². The Labute approximate surface area is 145 Å². The third kappa shape index (κ3) is 3.22. The predicted octanol–water partition coefficient (Wildman–Crippen LogP) is 4.19. The van der Waals surface area contributed by atoms with Gasteiger partial charge in [0.25, 0.3) is 5.91 Å². The molecule has 3 heterocycles. The Morgan fingerprint density at radius 2 is 2.17 bits per heavy atom. The van der Waals surface area contributed by atoms with E-state index < -0.39 is 0 Å². The first kappa shape index (κ1) is 15.4. The van der Waals surface area contributed by atoms with Crippen molar-refractivity contribution in [1.29, 1.82) is 0 Å². The summed E-state index contributed by atoms with van der Waals surface area (Å²) in [6.07, 6.45) is 12.2. The molecule has 0 atom stereocenters. The lowest BCUT2D eigenvalue weighted by molar-refractivity contribution is 0.0958. The summed E-state index contributed by atoms with van der Waals surface area (Å²) in [4.78, 5) is 17.4. The number of nitrogens with zero attached hydrogens (tertiary/aromatic N) is 2. The maximum atomic E-state index is 12.3. The molecule has 1 fully saturated rings. The van der Waals surface area contributed by atoms with Gasteiger partial charge in [0.05, 0.1) is 9.58 Å². The monoisotopic (exact) mass is 339 g/mol. The van der Waals surface area contributed by atoms with Gasteiger partial charge in [-0.05, 0) is 31.0 Å². The number of thiophene rings is 1. The van der Waals surface area contributed by atoms with E-state index in [-0.39, 0.29) is 5.91 Å². The lowest BCUT2D eigenvalue weighted by Crippen LogP contribution is -2.25. The van der Waals surface area contributed by atoms with Crippen LogP contribution in [0.5, 0.6) is 0 Å². The molecule has 5 heteroatoms. The number of aromatic nitrogens is 2. The van der Waals surface area contributed by atoms with Crippen molar-refractivity contribution in [2.45, 2.75) is 38.1 Å². The van der Waals surface area contributed by atoms with Gasteiger partial charge in [-0.25, -0.2) is 0 Å². The van der Waals surface area contributed by atoms with E-state index in [0.29, 0.717) is 12.6 Å². The quantitative estimate of drug-likeness (QED) is 0.758. The number of hydrogen-bond acceptors (Lipinski definition) is 3. The molecular formula is C19H21N3OS. The Morgan fingerprint density at radius 1 is 1.29 bits per heavy atom. The number of pyridine rings is 1. The highest BCUT2D eigenvalue weighted by atomic mass is 32.1. The van der Waals surface area contributed by atoms with Gasteiger partial charge in [-0.1, -0.05) is 18.9 Å². The van der Waals surface area contributed by atoms with Crippen molar-refractivity contribution in [3.63, 3.8) is 0 Å². The topological polar surface area (TPSA) is 46.9 Å². The summed E-state index contributed by atoms with van der Waals surface area (Å²) in [5, 5.41) is 4.17. The Morgan fingerprint density at radius 3 is 2.92 bits per heavy atom. The normalized spacial score (nSPS) is 15.2. The lowest BCUT2D eigenvalue weighted by Gasteiger charge is -2.10. The summed E-state index contributed by atoms with van der Waals surface area (Å²) < 4.78 is 3.55. The highest BCUT2D eigenvalue weighted by Crippen LogP contribution is 2.34. The number of rotatable bonds is 5. The predicted molar refractivity (Wildman–Crippen MR) is 97.6 cm³/mol. The highest BCUT2D eigenvalue weighted by molar-refractivity contribution is 7.20. The largest absolute Gasteiger partial charge is 0.351 e. The van der Waals surface area contributed by atoms with Crippen molar-refractivity contribution in [1.82, 2.24) is 14.9 Å². The Kier molecular flexibility index (Phi) is 4.34. The summed E-state index contributed by atoms with van der Waals surface area (Å²) in [5.74, 6) is 0.0135. The van der Waals surface area contributed by atoms with E-state index in [0.717, 1.165) is 17.0 Å². The number of amides is 1. The molecule has 0 radical (unpaired) electrons. The minimum atomic E-state index is 0.0135. The molecule has 3 aromatic heterocycles. The molecule has 1 aliphatic carbocycles. The summed E-state index contributed by atoms with van der Waals surface area (Å²) in [6.45, 7) is 0.611. The van der Waals surface area contributed by atoms with Crippen LogP contribution in [0.4, 0.5) is 0 Å². The number of nitrogens with one attached hydrogen (secondary N) is 1. The van der Waals surface area contributed by atoms with Crippen LogP contribution in [0.1, 0.15) is 47.1 Å². The summed E-state index contributed by atoms with van der Waals surface area (Å²) in [7, 11) is 0. The molecule has 124 valence electrons. The van der Waals surface area contributed by atoms with Crippen LogP contribution in [-0.4, -0.2) is 22.0 Å². The van der Waals surface area contributed by atoms with Gasteiger partial charge in [0.1, 0.15) is 0 Å². The molecule has 24 heavy (non-hydrogen) atoms. The average Bonchev–Trinajstić information content (AvgIpc) is 3.31. The Hall–Kier alpha value is -2.14. The molecule has 0 bridgehead atoms. The fraction of sp³-hybridized carbons (Fsp3) is 0.368. The van der Waals surface area contributed by atoms with Crippen molar-refractivity contribution < 1.29 is 4.79 Å². The van der Waals surface area contributed by atoms with E-state index in [2.05, 4.69) is 27.3 Å². The molecule has 0 unspecified atom stereocenters. The fourth-order valence-electron chi connectivity index (χ4n) is 3.42. The van der Waals surface area contributed by atoms with Gasteiger partial charge in [0, 0.05) is 48.7 Å². The van der Waals surface area contributed by atoms with Crippen LogP contribution in [0.2, 0.25) is 0 Å². The molecule has 1 aliphatic rings. The molecule has 1 amide bonds. The maximum Gasteiger partial charge on any atom is 0.261 e. The van der Waals surface area contributed by atoms with Crippen LogP contribution in [0.3, 0.4) is 0 Å². The second-order valence-electron chi connectivity index (χ2n) is 6.40. The van der Waals surface area contributed by atoms with E-state index in [1.165, 1.54) is 35.8 Å². The minimum Gasteiger partial charge on any atom is -0.351 e. The van der Waals surface area contributed by atoms with Crippen molar-refractivity contribution in [3.05, 3.63) is 53.4 Å². The van der Waals surface area contributed by atoms with Gasteiger partial charge >= 0.3 is 0 Å². The Bertz CT molecular complexity index is 799. The van der Waals surface area contributed by atoms with Gasteiger partial charge in [-0.2, -0.15) is 0 Å². The fourth-order valence-corrected chi connectivity index (χ4v) is 4.41. The second-order valence-corrected chi connectivity index (χ2v) is 7.48. The van der Waals surface area contributed by atoms with Gasteiger partial charge < -0.3 is 9.88 Å². The smallest absolute Gasteiger partial charge is 0.261 e. The van der Waals surface area contributed by atoms with Gasteiger partial charge in [0.2, 0.25) is 0 Å². The average molecular weight is 339 g/mol. The first-order valence-electron chi connectivity index (χ1n) is 8.59. The van der Waals surface area contributed by atoms with Crippen molar-refractivity contribution in [2.24, 2.45) is 0 Å². The van der Waals surface area contributed by atoms with Gasteiger partial charge in [0.15, 0.2) is 0 Å². The first-order valence-corrected chi connectivity index (χ1v) is 9.40. The summed E-state index contributed by atoms with van der Waals surface area (Å²) >= 11 is 1.58. The van der Waals surface area contributed by atoms with Crippen LogP contribution < -0.4 is 5.32 Å². The zero-order valence-electron chi connectivity index (χ0n) is 13.6. The molecule has 0 spiro atoms. The van der Waals surface area contributed by atoms with E-state index >= 15 is 0 Å². The first-order chi connectivity index (χ1) is 11.8. The molecule has 1 saturated carbocycles. The van der Waals surface area contributed by atoms with Crippen LogP contribution in [0, 0.1) is 0 Å². The molecule has 4 nitrogen and oxygen atoms in total. The second kappa shape index (κ2) is 6.77. The lowest BCUT2D eigenvalue weighted by atomic mass is 10.2. The third-order valence-electron chi connectivity index (χ3n) is 4.71. The molecule has 1 N–H and O–H groups in total. The number of fused-ring (bicyclic) bond motifs is 1. The minimum absolute atomic E-state index is 0.0135. The van der Waals surface area contributed by atoms with Crippen LogP contribution in [0.25, 0.3) is 10.1 Å². The van der Waals surface area contributed by atoms with E-state index in [1.54, 1.807) is 17.5 Å². The Balaban J connectivity index is 1.38. The van der Waals surface area contributed by atoms with Gasteiger partial charge in [-0.15, -0.1) is 11.3 Å². The van der Waals surface area contributed by atoms with Crippen molar-refractivity contribution >= 4 is 27.3 Å². The molecule has 3 aromatic rings. The van der Waals surface area contributed by atoms with Crippen molar-refractivity contribution in [2.75, 3.05) is 6.54 Å². The summed E-state index contributed by atoms with van der Waals surface area (Å²) in [5.41, 5.74) is 1.00. The van der Waals surface area contributed by atoms with Gasteiger partial charge in [-0.3, -0.25) is 9.78 Å². The van der Waals surface area contributed by atoms with Crippen LogP contribution in [0.15, 0.2) is 42.9 Å². The van der Waals surface area contributed by atoms with E-state index in [1.807, 2.05) is 24.3 Å². The zero-order chi connectivity index (χ0) is 16.4. The summed E-state index contributed by atoms with van der Waals surface area (Å²) in [6, 6.07) is 8.52. The third-order valence-corrected chi connectivity index (χ3v) is 5.79. The van der Waals surface area contributed by atoms with Crippen LogP contribution >= 0.6 is 11.3 Å². The standard InChI is InChI=1S/C19H21N3OS/c23-19(21-10-8-15-5-3-4-9-20-15)17-11-14-12-22(13-18(14)24-17)16-6-1-2-7-16/h3-5,9,11-13,16H,1-2,6-8,10H2,(H,21,23). The number of carbonyl (C=O) groups excluding carboxylic acids is 1. The molecule has 4 rings (SSSR count). The van der Waals surface area contributed by atoms with E-state index in [9.17, 15) is 4.79 Å². The highest BCUT2D eigenvalue weighted by Gasteiger charge is 2.18. The SMILES string of the molecule is O=C(NCCc1ccccn1)c1cc2cn(C3CCCC3)cc2s1. The molecular weight excluding hydrogens is 318 g/mol. The molecule has 0 saturated heterocycles. The zero-order valence-corrected chi connectivity index (χ0v) is 14.4. The molecule has 0 aromatic carbocycles. The number of hydrogen-bond donors (Lipinski definition) is 1. The maximum absolute atomic E-state index is 12.3.